The highest BCUT2D eigenvalue weighted by molar-refractivity contribution is 5.05. The van der Waals surface area contributed by atoms with E-state index < -0.39 is 5.54 Å². The zero-order chi connectivity index (χ0) is 14.0. The topological polar surface area (TPSA) is 83.4 Å². The first-order valence-corrected chi connectivity index (χ1v) is 6.74. The van der Waals surface area contributed by atoms with Crippen LogP contribution in [-0.2, 0) is 15.0 Å². The van der Waals surface area contributed by atoms with Crippen LogP contribution >= 0.6 is 0 Å². The van der Waals surface area contributed by atoms with Gasteiger partial charge in [0.15, 0.2) is 5.82 Å². The SMILES string of the molecule is CC(C)OCC(C)(N)c1noc(C2COC(C)C2)n1. The van der Waals surface area contributed by atoms with E-state index in [1.165, 1.54) is 0 Å². The van der Waals surface area contributed by atoms with E-state index in [0.29, 0.717) is 24.9 Å². The summed E-state index contributed by atoms with van der Waals surface area (Å²) < 4.78 is 16.4. The van der Waals surface area contributed by atoms with Gasteiger partial charge in [-0.1, -0.05) is 5.16 Å². The third-order valence-electron chi connectivity index (χ3n) is 3.22. The Bertz CT molecular complexity index is 417. The van der Waals surface area contributed by atoms with Gasteiger partial charge >= 0.3 is 0 Å². The van der Waals surface area contributed by atoms with Gasteiger partial charge in [0.1, 0.15) is 5.54 Å². The van der Waals surface area contributed by atoms with E-state index in [9.17, 15) is 0 Å². The van der Waals surface area contributed by atoms with Gasteiger partial charge in [-0.15, -0.1) is 0 Å². The van der Waals surface area contributed by atoms with Crippen LogP contribution in [0.5, 0.6) is 0 Å². The summed E-state index contributed by atoms with van der Waals surface area (Å²) in [6.07, 6.45) is 1.28. The molecule has 0 aliphatic carbocycles. The summed E-state index contributed by atoms with van der Waals surface area (Å²) in [7, 11) is 0. The molecule has 0 saturated carbocycles. The second kappa shape index (κ2) is 5.56. The molecule has 6 nitrogen and oxygen atoms in total. The van der Waals surface area contributed by atoms with E-state index in [1.807, 2.05) is 27.7 Å². The lowest BCUT2D eigenvalue weighted by atomic mass is 10.0. The lowest BCUT2D eigenvalue weighted by molar-refractivity contribution is 0.0410. The number of rotatable bonds is 5. The van der Waals surface area contributed by atoms with Gasteiger partial charge in [0.25, 0.3) is 0 Å². The summed E-state index contributed by atoms with van der Waals surface area (Å²) in [6, 6.07) is 0. The molecule has 19 heavy (non-hydrogen) atoms. The molecule has 0 radical (unpaired) electrons. The molecule has 1 aliphatic heterocycles. The molecule has 0 spiro atoms. The molecular weight excluding hydrogens is 246 g/mol. The van der Waals surface area contributed by atoms with Gasteiger partial charge in [0.05, 0.1) is 31.3 Å². The second-order valence-corrected chi connectivity index (χ2v) is 5.81. The lowest BCUT2D eigenvalue weighted by Crippen LogP contribution is -2.40. The number of hydrogen-bond donors (Lipinski definition) is 1. The monoisotopic (exact) mass is 269 g/mol. The Kier molecular flexibility index (Phi) is 4.23. The Hall–Kier alpha value is -0.980. The van der Waals surface area contributed by atoms with Crippen molar-refractivity contribution >= 4 is 0 Å². The summed E-state index contributed by atoms with van der Waals surface area (Å²) in [5, 5.41) is 3.99. The molecule has 3 atom stereocenters. The van der Waals surface area contributed by atoms with Crippen LogP contribution in [0.2, 0.25) is 0 Å². The number of hydrogen-bond acceptors (Lipinski definition) is 6. The minimum Gasteiger partial charge on any atom is -0.378 e. The maximum atomic E-state index is 6.18. The van der Waals surface area contributed by atoms with Crippen LogP contribution in [-0.4, -0.2) is 35.6 Å². The Morgan fingerprint density at radius 3 is 2.84 bits per heavy atom. The number of nitrogens with two attached hydrogens (primary N) is 1. The fourth-order valence-electron chi connectivity index (χ4n) is 2.03. The van der Waals surface area contributed by atoms with E-state index in [4.69, 9.17) is 19.7 Å². The predicted molar refractivity (Wildman–Crippen MR) is 69.7 cm³/mol. The zero-order valence-corrected chi connectivity index (χ0v) is 12.0. The van der Waals surface area contributed by atoms with Gasteiger partial charge in [-0.2, -0.15) is 4.98 Å². The number of ether oxygens (including phenoxy) is 2. The van der Waals surface area contributed by atoms with Crippen molar-refractivity contribution in [3.8, 4) is 0 Å². The van der Waals surface area contributed by atoms with Gasteiger partial charge in [-0.25, -0.2) is 0 Å². The highest BCUT2D eigenvalue weighted by Gasteiger charge is 2.32. The highest BCUT2D eigenvalue weighted by Crippen LogP contribution is 2.29. The molecule has 3 unspecified atom stereocenters. The minimum absolute atomic E-state index is 0.123. The molecule has 1 fully saturated rings. The average molecular weight is 269 g/mol. The van der Waals surface area contributed by atoms with Crippen LogP contribution in [0.25, 0.3) is 0 Å². The van der Waals surface area contributed by atoms with Crippen molar-refractivity contribution in [3.05, 3.63) is 11.7 Å². The van der Waals surface area contributed by atoms with Crippen molar-refractivity contribution in [2.24, 2.45) is 5.73 Å². The summed E-state index contributed by atoms with van der Waals surface area (Å²) in [5.41, 5.74) is 5.45. The van der Waals surface area contributed by atoms with Crippen LogP contribution in [0, 0.1) is 0 Å². The summed E-state index contributed by atoms with van der Waals surface area (Å²) in [4.78, 5) is 4.41. The Labute approximate surface area is 113 Å². The fourth-order valence-corrected chi connectivity index (χ4v) is 2.03. The van der Waals surface area contributed by atoms with Crippen LogP contribution in [0.1, 0.15) is 51.7 Å². The Morgan fingerprint density at radius 1 is 1.53 bits per heavy atom. The van der Waals surface area contributed by atoms with Gasteiger partial charge < -0.3 is 19.7 Å². The van der Waals surface area contributed by atoms with Crippen molar-refractivity contribution in [1.82, 2.24) is 10.1 Å². The van der Waals surface area contributed by atoms with Crippen LogP contribution in [0.3, 0.4) is 0 Å². The van der Waals surface area contributed by atoms with E-state index in [-0.39, 0.29) is 18.1 Å². The standard InChI is InChI=1S/C13H23N3O3/c1-8(2)18-7-13(4,14)12-15-11(19-16-12)10-5-9(3)17-6-10/h8-10H,5-7,14H2,1-4H3. The summed E-state index contributed by atoms with van der Waals surface area (Å²) in [5.74, 6) is 1.28. The molecule has 1 aromatic rings. The quantitative estimate of drug-likeness (QED) is 0.873. The van der Waals surface area contributed by atoms with Gasteiger partial charge in [0.2, 0.25) is 5.89 Å². The number of nitrogens with zero attached hydrogens (tertiary/aromatic N) is 2. The minimum atomic E-state index is -0.739. The van der Waals surface area contributed by atoms with Crippen molar-refractivity contribution in [2.75, 3.05) is 13.2 Å². The maximum absolute atomic E-state index is 6.18. The van der Waals surface area contributed by atoms with Crippen molar-refractivity contribution in [3.63, 3.8) is 0 Å². The van der Waals surface area contributed by atoms with Crippen molar-refractivity contribution < 1.29 is 14.0 Å². The van der Waals surface area contributed by atoms with E-state index in [1.54, 1.807) is 0 Å². The van der Waals surface area contributed by atoms with Gasteiger partial charge in [-0.05, 0) is 34.1 Å². The molecule has 1 saturated heterocycles. The van der Waals surface area contributed by atoms with E-state index in [2.05, 4.69) is 10.1 Å². The third kappa shape index (κ3) is 3.52. The molecule has 6 heteroatoms. The van der Waals surface area contributed by atoms with Crippen LogP contribution in [0.4, 0.5) is 0 Å². The summed E-state index contributed by atoms with van der Waals surface area (Å²) in [6.45, 7) is 8.82. The first-order chi connectivity index (χ1) is 8.88. The Balaban J connectivity index is 2.03. The largest absolute Gasteiger partial charge is 0.378 e. The second-order valence-electron chi connectivity index (χ2n) is 5.81. The molecule has 1 aromatic heterocycles. The highest BCUT2D eigenvalue weighted by atomic mass is 16.5. The van der Waals surface area contributed by atoms with Crippen LogP contribution < -0.4 is 5.73 Å². The first-order valence-electron chi connectivity index (χ1n) is 6.74. The maximum Gasteiger partial charge on any atom is 0.232 e. The van der Waals surface area contributed by atoms with E-state index >= 15 is 0 Å². The van der Waals surface area contributed by atoms with Crippen molar-refractivity contribution in [1.29, 1.82) is 0 Å². The lowest BCUT2D eigenvalue weighted by Gasteiger charge is -2.21. The molecule has 0 amide bonds. The average Bonchev–Trinajstić information content (AvgIpc) is 2.94. The smallest absolute Gasteiger partial charge is 0.232 e. The van der Waals surface area contributed by atoms with E-state index in [0.717, 1.165) is 6.42 Å². The number of aromatic nitrogens is 2. The van der Waals surface area contributed by atoms with Gasteiger partial charge in [0, 0.05) is 0 Å². The molecule has 2 heterocycles. The Morgan fingerprint density at radius 2 is 2.26 bits per heavy atom. The molecular formula is C13H23N3O3. The fraction of sp³-hybridized carbons (Fsp3) is 0.846. The van der Waals surface area contributed by atoms with Crippen LogP contribution in [0.15, 0.2) is 4.52 Å². The predicted octanol–water partition coefficient (Wildman–Crippen LogP) is 1.56. The van der Waals surface area contributed by atoms with Gasteiger partial charge in [-0.3, -0.25) is 0 Å². The molecule has 2 rings (SSSR count). The summed E-state index contributed by atoms with van der Waals surface area (Å²) >= 11 is 0. The molecule has 108 valence electrons. The molecule has 1 aliphatic rings. The zero-order valence-electron chi connectivity index (χ0n) is 12.0. The molecule has 0 bridgehead atoms. The molecule has 2 N–H and O–H groups in total. The third-order valence-corrected chi connectivity index (χ3v) is 3.22. The van der Waals surface area contributed by atoms with Crippen molar-refractivity contribution in [2.45, 2.75) is 57.8 Å². The molecule has 0 aromatic carbocycles. The normalized spacial score (nSPS) is 26.8. The first kappa shape index (κ1) is 14.4.